The maximum atomic E-state index is 12.1. The molecule has 0 bridgehead atoms. The van der Waals surface area contributed by atoms with Gasteiger partial charge in [-0.3, -0.25) is 9.59 Å². The molecule has 4 nitrogen and oxygen atoms in total. The Morgan fingerprint density at radius 1 is 1.50 bits per heavy atom. The third kappa shape index (κ3) is 2.66. The summed E-state index contributed by atoms with van der Waals surface area (Å²) in [6, 6.07) is 4.98. The third-order valence-electron chi connectivity index (χ3n) is 3.91. The molecule has 1 heterocycles. The van der Waals surface area contributed by atoms with Crippen LogP contribution in [0.2, 0.25) is 5.02 Å². The number of carbonyl (C=O) groups excluding carboxylic acids is 1. The number of likely N-dealkylation sites (tertiary alicyclic amines) is 1. The molecule has 2 rings (SSSR count). The average Bonchev–Trinajstić information content (AvgIpc) is 2.38. The summed E-state index contributed by atoms with van der Waals surface area (Å²) < 4.78 is 0. The lowest BCUT2D eigenvalue weighted by molar-refractivity contribution is -0.151. The average molecular weight is 296 g/mol. The quantitative estimate of drug-likeness (QED) is 0.932. The fraction of sp³-hybridized carbons (Fsp3) is 0.467. The van der Waals surface area contributed by atoms with Gasteiger partial charge in [0.15, 0.2) is 0 Å². The molecule has 2 atom stereocenters. The number of halogens is 1. The standard InChI is InChI=1S/C15H18ClNO3/c1-3-17-13(18)7-6-12(15(19)20)14(17)11-5-4-10(16)8-9(11)2/h4-5,8,12,14H,3,6-7H2,1-2H3,(H,19,20). The molecule has 1 aromatic carbocycles. The molecule has 1 saturated heterocycles. The van der Waals surface area contributed by atoms with E-state index in [1.54, 1.807) is 11.0 Å². The normalized spacial score (nSPS) is 22.9. The van der Waals surface area contributed by atoms with Crippen LogP contribution in [0, 0.1) is 12.8 Å². The van der Waals surface area contributed by atoms with E-state index in [9.17, 15) is 14.7 Å². The number of carboxylic acids is 1. The summed E-state index contributed by atoms with van der Waals surface area (Å²) >= 11 is 5.96. The maximum Gasteiger partial charge on any atom is 0.308 e. The lowest BCUT2D eigenvalue weighted by Crippen LogP contribution is -2.45. The molecule has 1 aliphatic heterocycles. The van der Waals surface area contributed by atoms with Crippen LogP contribution in [0.25, 0.3) is 0 Å². The minimum absolute atomic E-state index is 0.0179. The first kappa shape index (κ1) is 14.9. The molecule has 1 N–H and O–H groups in total. The molecular weight excluding hydrogens is 278 g/mol. The number of nitrogens with zero attached hydrogens (tertiary/aromatic N) is 1. The molecule has 0 spiro atoms. The number of amides is 1. The van der Waals surface area contributed by atoms with E-state index >= 15 is 0 Å². The Morgan fingerprint density at radius 3 is 2.75 bits per heavy atom. The highest BCUT2D eigenvalue weighted by Gasteiger charge is 2.40. The lowest BCUT2D eigenvalue weighted by atomic mass is 9.83. The maximum absolute atomic E-state index is 12.1. The number of rotatable bonds is 3. The number of aryl methyl sites for hydroxylation is 1. The van der Waals surface area contributed by atoms with Crippen molar-refractivity contribution in [2.75, 3.05) is 6.54 Å². The zero-order valence-corrected chi connectivity index (χ0v) is 12.4. The van der Waals surface area contributed by atoms with Gasteiger partial charge in [-0.25, -0.2) is 0 Å². The second-order valence-corrected chi connectivity index (χ2v) is 5.55. The Balaban J connectivity index is 2.49. The Labute approximate surface area is 123 Å². The van der Waals surface area contributed by atoms with Gasteiger partial charge in [-0.15, -0.1) is 0 Å². The van der Waals surface area contributed by atoms with Crippen molar-refractivity contribution in [2.24, 2.45) is 5.92 Å². The SMILES string of the molecule is CCN1C(=O)CCC(C(=O)O)C1c1ccc(Cl)cc1C. The number of benzene rings is 1. The van der Waals surface area contributed by atoms with Crippen molar-refractivity contribution in [1.29, 1.82) is 0 Å². The largest absolute Gasteiger partial charge is 0.481 e. The number of piperidine rings is 1. The van der Waals surface area contributed by atoms with Crippen molar-refractivity contribution in [3.8, 4) is 0 Å². The number of carbonyl (C=O) groups is 2. The van der Waals surface area contributed by atoms with E-state index in [0.717, 1.165) is 11.1 Å². The van der Waals surface area contributed by atoms with Gasteiger partial charge in [0.05, 0.1) is 12.0 Å². The van der Waals surface area contributed by atoms with E-state index in [2.05, 4.69) is 0 Å². The number of carboxylic acid groups (broad SMARTS) is 1. The van der Waals surface area contributed by atoms with E-state index in [1.165, 1.54) is 0 Å². The molecule has 0 saturated carbocycles. The zero-order chi connectivity index (χ0) is 14.9. The van der Waals surface area contributed by atoms with Crippen molar-refractivity contribution in [3.63, 3.8) is 0 Å². The third-order valence-corrected chi connectivity index (χ3v) is 4.15. The molecule has 0 radical (unpaired) electrons. The first-order valence-corrected chi connectivity index (χ1v) is 7.11. The molecule has 0 aliphatic carbocycles. The highest BCUT2D eigenvalue weighted by molar-refractivity contribution is 6.30. The van der Waals surface area contributed by atoms with Gasteiger partial charge in [-0.2, -0.15) is 0 Å². The Hall–Kier alpha value is -1.55. The zero-order valence-electron chi connectivity index (χ0n) is 11.6. The summed E-state index contributed by atoms with van der Waals surface area (Å²) in [5.41, 5.74) is 1.79. The minimum Gasteiger partial charge on any atom is -0.481 e. The second-order valence-electron chi connectivity index (χ2n) is 5.11. The Bertz CT molecular complexity index is 542. The fourth-order valence-electron chi connectivity index (χ4n) is 2.94. The van der Waals surface area contributed by atoms with Gasteiger partial charge in [0.25, 0.3) is 0 Å². The predicted molar refractivity (Wildman–Crippen MR) is 76.7 cm³/mol. The molecule has 1 amide bonds. The van der Waals surface area contributed by atoms with Crippen LogP contribution >= 0.6 is 11.6 Å². The number of hydrogen-bond acceptors (Lipinski definition) is 2. The van der Waals surface area contributed by atoms with E-state index in [0.29, 0.717) is 24.4 Å². The molecule has 108 valence electrons. The number of aliphatic carboxylic acids is 1. The van der Waals surface area contributed by atoms with E-state index in [-0.39, 0.29) is 5.91 Å². The molecule has 2 unspecified atom stereocenters. The van der Waals surface area contributed by atoms with Gasteiger partial charge < -0.3 is 10.0 Å². The van der Waals surface area contributed by atoms with E-state index in [4.69, 9.17) is 11.6 Å². The van der Waals surface area contributed by atoms with Gasteiger partial charge in [-0.05, 0) is 43.5 Å². The van der Waals surface area contributed by atoms with Crippen molar-refractivity contribution in [1.82, 2.24) is 4.90 Å². The van der Waals surface area contributed by atoms with Crippen LogP contribution in [-0.2, 0) is 9.59 Å². The molecule has 1 fully saturated rings. The van der Waals surface area contributed by atoms with Crippen molar-refractivity contribution in [3.05, 3.63) is 34.3 Å². The van der Waals surface area contributed by atoms with E-state index < -0.39 is 17.9 Å². The molecule has 5 heteroatoms. The lowest BCUT2D eigenvalue weighted by Gasteiger charge is -2.39. The van der Waals surface area contributed by atoms with E-state index in [1.807, 2.05) is 26.0 Å². The molecule has 0 aromatic heterocycles. The summed E-state index contributed by atoms with van der Waals surface area (Å²) in [4.78, 5) is 25.2. The van der Waals surface area contributed by atoms with Crippen LogP contribution < -0.4 is 0 Å². The van der Waals surface area contributed by atoms with Gasteiger partial charge in [0, 0.05) is 18.0 Å². The molecular formula is C15H18ClNO3. The minimum atomic E-state index is -0.852. The van der Waals surface area contributed by atoms with Crippen LogP contribution in [0.3, 0.4) is 0 Å². The fourth-order valence-corrected chi connectivity index (χ4v) is 3.17. The highest BCUT2D eigenvalue weighted by Crippen LogP contribution is 2.38. The smallest absolute Gasteiger partial charge is 0.308 e. The van der Waals surface area contributed by atoms with Gasteiger partial charge in [0.1, 0.15) is 0 Å². The van der Waals surface area contributed by atoms with Crippen molar-refractivity contribution in [2.45, 2.75) is 32.7 Å². The summed E-state index contributed by atoms with van der Waals surface area (Å²) in [6.07, 6.45) is 0.686. The summed E-state index contributed by atoms with van der Waals surface area (Å²) in [6.45, 7) is 4.28. The van der Waals surface area contributed by atoms with Crippen LogP contribution in [-0.4, -0.2) is 28.4 Å². The molecule has 1 aromatic rings. The Morgan fingerprint density at radius 2 is 2.20 bits per heavy atom. The van der Waals surface area contributed by atoms with Crippen LogP contribution in [0.15, 0.2) is 18.2 Å². The molecule has 20 heavy (non-hydrogen) atoms. The van der Waals surface area contributed by atoms with Crippen LogP contribution in [0.5, 0.6) is 0 Å². The van der Waals surface area contributed by atoms with Crippen LogP contribution in [0.1, 0.15) is 36.9 Å². The van der Waals surface area contributed by atoms with Gasteiger partial charge >= 0.3 is 5.97 Å². The Kier molecular flexibility index (Phi) is 4.33. The monoisotopic (exact) mass is 295 g/mol. The van der Waals surface area contributed by atoms with Crippen LogP contribution in [0.4, 0.5) is 0 Å². The summed E-state index contributed by atoms with van der Waals surface area (Å²) in [5, 5.41) is 10.1. The van der Waals surface area contributed by atoms with Crippen molar-refractivity contribution < 1.29 is 14.7 Å². The molecule has 1 aliphatic rings. The van der Waals surface area contributed by atoms with Gasteiger partial charge in [0.2, 0.25) is 5.91 Å². The highest BCUT2D eigenvalue weighted by atomic mass is 35.5. The number of hydrogen-bond donors (Lipinski definition) is 1. The summed E-state index contributed by atoms with van der Waals surface area (Å²) in [5.74, 6) is -1.40. The summed E-state index contributed by atoms with van der Waals surface area (Å²) in [7, 11) is 0. The second kappa shape index (κ2) is 5.83. The van der Waals surface area contributed by atoms with Gasteiger partial charge in [-0.1, -0.05) is 17.7 Å². The van der Waals surface area contributed by atoms with Crippen molar-refractivity contribution >= 4 is 23.5 Å². The topological polar surface area (TPSA) is 57.6 Å². The first-order chi connectivity index (χ1) is 9.45. The first-order valence-electron chi connectivity index (χ1n) is 6.74. The predicted octanol–water partition coefficient (Wildman–Crippen LogP) is 3.03.